The first kappa shape index (κ1) is 9.65. The van der Waals surface area contributed by atoms with Gasteiger partial charge < -0.3 is 0 Å². The SMILES string of the molecule is N#C[Se]C#N.[Cd]. The molecular weight excluding hydrogens is 243 g/mol. The molecule has 0 aliphatic carbocycles. The van der Waals surface area contributed by atoms with Crippen molar-refractivity contribution < 1.29 is 27.3 Å². The molecule has 4 heteroatoms. The summed E-state index contributed by atoms with van der Waals surface area (Å²) in [6, 6.07) is 0. The maximum atomic E-state index is 7.62. The summed E-state index contributed by atoms with van der Waals surface area (Å²) in [5.74, 6) is 0. The van der Waals surface area contributed by atoms with E-state index in [-0.39, 0.29) is 27.3 Å². The quantitative estimate of drug-likeness (QED) is 0.546. The maximum Gasteiger partial charge on any atom is 0 e. The summed E-state index contributed by atoms with van der Waals surface area (Å²) in [6.07, 6.45) is 0. The van der Waals surface area contributed by atoms with Gasteiger partial charge in [0.05, 0.1) is 0 Å². The summed E-state index contributed by atoms with van der Waals surface area (Å²) in [5.41, 5.74) is 0. The molecule has 0 unspecified atom stereocenters. The zero-order valence-corrected chi connectivity index (χ0v) is 8.76. The fraction of sp³-hybridized carbons (Fsp3) is 0. The Balaban J connectivity index is 0. The molecule has 0 saturated carbocycles. The molecular formula is C2CdN2Se. The largest absolute Gasteiger partial charge is 0 e. The van der Waals surface area contributed by atoms with Gasteiger partial charge in [-0.25, -0.2) is 0 Å². The molecule has 0 bridgehead atoms. The Hall–Kier alpha value is 0.422. The molecule has 0 N–H and O–H groups in total. The van der Waals surface area contributed by atoms with Crippen LogP contribution in [0.1, 0.15) is 0 Å². The normalized spacial score (nSPS) is 3.67. The van der Waals surface area contributed by atoms with Crippen LogP contribution in [-0.2, 0) is 27.3 Å². The Bertz CT molecular complexity index is 76.7. The first-order valence-corrected chi connectivity index (χ1v) is 2.57. The molecule has 0 fully saturated rings. The molecule has 2 nitrogen and oxygen atoms in total. The van der Waals surface area contributed by atoms with Crippen LogP contribution in [-0.4, -0.2) is 15.0 Å². The van der Waals surface area contributed by atoms with Gasteiger partial charge in [-0.1, -0.05) is 0 Å². The molecule has 0 aromatic rings. The van der Waals surface area contributed by atoms with Crippen molar-refractivity contribution >= 4 is 15.0 Å². The maximum absolute atomic E-state index is 7.62. The van der Waals surface area contributed by atoms with Crippen LogP contribution in [0.15, 0.2) is 0 Å². The molecule has 0 heterocycles. The molecule has 0 atom stereocenters. The van der Waals surface area contributed by atoms with Crippen molar-refractivity contribution in [3.8, 4) is 9.94 Å². The third-order valence-electron chi connectivity index (χ3n) is 0.0913. The Morgan fingerprint density at radius 3 is 1.50 bits per heavy atom. The molecule has 0 aliphatic heterocycles. The van der Waals surface area contributed by atoms with E-state index in [9.17, 15) is 0 Å². The van der Waals surface area contributed by atoms with Gasteiger partial charge in [0.2, 0.25) is 0 Å². The molecule has 0 spiro atoms. The summed E-state index contributed by atoms with van der Waals surface area (Å²) in [5, 5.41) is 15.2. The van der Waals surface area contributed by atoms with Crippen molar-refractivity contribution in [2.75, 3.05) is 0 Å². The van der Waals surface area contributed by atoms with E-state index >= 15 is 0 Å². The van der Waals surface area contributed by atoms with Crippen molar-refractivity contribution in [2.45, 2.75) is 0 Å². The van der Waals surface area contributed by atoms with Crippen molar-refractivity contribution in [3.63, 3.8) is 0 Å². The molecule has 0 saturated heterocycles. The second kappa shape index (κ2) is 9.05. The van der Waals surface area contributed by atoms with Crippen molar-refractivity contribution in [1.82, 2.24) is 0 Å². The molecule has 0 aromatic heterocycles. The monoisotopic (exact) mass is 246 g/mol. The van der Waals surface area contributed by atoms with Crippen LogP contribution in [0, 0.1) is 20.5 Å². The van der Waals surface area contributed by atoms with Crippen molar-refractivity contribution in [1.29, 1.82) is 10.5 Å². The fourth-order valence-electron chi connectivity index (χ4n) is 0.0204. The van der Waals surface area contributed by atoms with Gasteiger partial charge >= 0.3 is 35.4 Å². The van der Waals surface area contributed by atoms with Crippen LogP contribution in [0.2, 0.25) is 0 Å². The van der Waals surface area contributed by atoms with E-state index in [1.54, 1.807) is 9.94 Å². The predicted molar refractivity (Wildman–Crippen MR) is 17.0 cm³/mol. The number of nitrogens with zero attached hydrogens (tertiary/aromatic N) is 2. The van der Waals surface area contributed by atoms with E-state index in [1.807, 2.05) is 0 Å². The van der Waals surface area contributed by atoms with Crippen LogP contribution < -0.4 is 0 Å². The van der Waals surface area contributed by atoms with Gasteiger partial charge in [0, 0.05) is 27.3 Å². The summed E-state index contributed by atoms with van der Waals surface area (Å²) in [7, 11) is 0. The van der Waals surface area contributed by atoms with E-state index < -0.39 is 15.0 Å². The second-order valence-electron chi connectivity index (χ2n) is 0.285. The number of rotatable bonds is 0. The molecule has 6 heavy (non-hydrogen) atoms. The van der Waals surface area contributed by atoms with Crippen LogP contribution >= 0.6 is 0 Å². The standard InChI is InChI=1S/C2N2Se.Cd/c3-1-5-2-4;. The number of hydrogen-bond acceptors (Lipinski definition) is 2. The minimum absolute atomic E-state index is 0. The summed E-state index contributed by atoms with van der Waals surface area (Å²) in [6.45, 7) is 0. The third-order valence-corrected chi connectivity index (χ3v) is 0.474. The first-order valence-electron chi connectivity index (χ1n) is 0.855. The Morgan fingerprint density at radius 2 is 1.50 bits per heavy atom. The Kier molecular flexibility index (Phi) is 14.6. The van der Waals surface area contributed by atoms with Crippen molar-refractivity contribution in [3.05, 3.63) is 0 Å². The average Bonchev–Trinajstić information content (AvgIpc) is 1.41. The van der Waals surface area contributed by atoms with Crippen LogP contribution in [0.4, 0.5) is 0 Å². The van der Waals surface area contributed by atoms with Gasteiger partial charge in [-0.15, -0.1) is 0 Å². The molecule has 0 aromatic carbocycles. The summed E-state index contributed by atoms with van der Waals surface area (Å²) < 4.78 is 0. The van der Waals surface area contributed by atoms with E-state index in [4.69, 9.17) is 10.5 Å². The molecule has 0 amide bonds. The summed E-state index contributed by atoms with van der Waals surface area (Å²) >= 11 is -0.431. The number of nitriles is 2. The topological polar surface area (TPSA) is 47.6 Å². The molecule has 0 aliphatic rings. The fourth-order valence-corrected chi connectivity index (χ4v) is 0.106. The van der Waals surface area contributed by atoms with Gasteiger partial charge in [-0.2, -0.15) is 0 Å². The van der Waals surface area contributed by atoms with Crippen LogP contribution in [0.3, 0.4) is 0 Å². The minimum Gasteiger partial charge on any atom is 0 e. The minimum atomic E-state index is -0.431. The smallest absolute Gasteiger partial charge is 0 e. The van der Waals surface area contributed by atoms with Gasteiger partial charge in [0.15, 0.2) is 0 Å². The zero-order chi connectivity index (χ0) is 4.12. The van der Waals surface area contributed by atoms with E-state index in [2.05, 4.69) is 0 Å². The molecule has 0 radical (unpaired) electrons. The van der Waals surface area contributed by atoms with Crippen LogP contribution in [0.25, 0.3) is 0 Å². The van der Waals surface area contributed by atoms with Crippen LogP contribution in [0.5, 0.6) is 0 Å². The molecule has 26 valence electrons. The zero-order valence-electron chi connectivity index (χ0n) is 3.01. The summed E-state index contributed by atoms with van der Waals surface area (Å²) in [4.78, 5) is 3.44. The third kappa shape index (κ3) is 8.83. The van der Waals surface area contributed by atoms with Gasteiger partial charge in [0.25, 0.3) is 0 Å². The molecule has 0 rings (SSSR count). The second-order valence-corrected chi connectivity index (χ2v) is 1.48. The first-order chi connectivity index (χ1) is 2.41. The van der Waals surface area contributed by atoms with Gasteiger partial charge in [-0.3, -0.25) is 0 Å². The van der Waals surface area contributed by atoms with E-state index in [1.165, 1.54) is 0 Å². The van der Waals surface area contributed by atoms with Crippen molar-refractivity contribution in [2.24, 2.45) is 0 Å². The average molecular weight is 243 g/mol. The predicted octanol–water partition coefficient (Wildman–Crippen LogP) is -0.350. The van der Waals surface area contributed by atoms with Gasteiger partial charge in [0.1, 0.15) is 0 Å². The van der Waals surface area contributed by atoms with Gasteiger partial charge in [-0.05, 0) is 0 Å². The number of hydrogen-bond donors (Lipinski definition) is 0. The van der Waals surface area contributed by atoms with E-state index in [0.717, 1.165) is 0 Å². The Labute approximate surface area is 62.5 Å². The van der Waals surface area contributed by atoms with E-state index in [0.29, 0.717) is 0 Å². The Morgan fingerprint density at radius 1 is 1.17 bits per heavy atom.